The van der Waals surface area contributed by atoms with Crippen molar-refractivity contribution >= 4 is 22.7 Å². The molecule has 1 unspecified atom stereocenters. The third-order valence-electron chi connectivity index (χ3n) is 3.70. The molecule has 0 amide bonds. The van der Waals surface area contributed by atoms with Crippen molar-refractivity contribution in [1.82, 2.24) is 0 Å². The average molecular weight is 300 g/mol. The highest BCUT2D eigenvalue weighted by molar-refractivity contribution is 5.64. The summed E-state index contributed by atoms with van der Waals surface area (Å²) < 4.78 is 0. The molecule has 0 saturated carbocycles. The molecule has 0 saturated heterocycles. The van der Waals surface area contributed by atoms with E-state index in [-0.39, 0.29) is 0 Å². The first-order valence-electron chi connectivity index (χ1n) is 7.26. The zero-order valence-corrected chi connectivity index (χ0v) is 13.3. The highest BCUT2D eigenvalue weighted by atomic mass is 16.3. The Morgan fingerprint density at radius 3 is 2.18 bits per heavy atom. The summed E-state index contributed by atoms with van der Waals surface area (Å²) in [5, 5.41) is 13.3. The van der Waals surface area contributed by atoms with Gasteiger partial charge in [0.1, 0.15) is 0 Å². The van der Waals surface area contributed by atoms with E-state index in [1.165, 1.54) is 0 Å². The molecule has 0 bridgehead atoms. The van der Waals surface area contributed by atoms with Gasteiger partial charge in [-0.1, -0.05) is 0 Å². The Morgan fingerprint density at radius 2 is 1.64 bits per heavy atom. The second-order valence-corrected chi connectivity index (χ2v) is 5.61. The summed E-state index contributed by atoms with van der Waals surface area (Å²) >= 11 is 0. The van der Waals surface area contributed by atoms with Gasteiger partial charge in [-0.3, -0.25) is 0 Å². The normalized spacial score (nSPS) is 12.0. The van der Waals surface area contributed by atoms with Gasteiger partial charge in [-0.05, 0) is 43.3 Å². The first kappa shape index (κ1) is 16.0. The molecule has 0 aromatic heterocycles. The maximum atomic E-state index is 9.94. The Morgan fingerprint density at radius 1 is 1.05 bits per heavy atom. The second kappa shape index (κ2) is 6.58. The number of nitrogens with two attached hydrogens (primary N) is 2. The first-order valence-corrected chi connectivity index (χ1v) is 7.26. The van der Waals surface area contributed by atoms with E-state index in [0.29, 0.717) is 23.5 Å². The molecular formula is C17H24N4O. The smallest absolute Gasteiger partial charge is 0.0786 e. The Hall–Kier alpha value is -2.40. The van der Waals surface area contributed by atoms with Gasteiger partial charge in [-0.15, -0.1) is 0 Å². The van der Waals surface area contributed by atoms with Crippen LogP contribution in [0.15, 0.2) is 36.4 Å². The molecular weight excluding hydrogens is 276 g/mol. The fourth-order valence-electron chi connectivity index (χ4n) is 2.46. The van der Waals surface area contributed by atoms with Crippen LogP contribution in [0.4, 0.5) is 22.7 Å². The summed E-state index contributed by atoms with van der Waals surface area (Å²) in [7, 11) is 4.01. The summed E-state index contributed by atoms with van der Waals surface area (Å²) in [5.74, 6) is 0. The van der Waals surface area contributed by atoms with E-state index >= 15 is 0 Å². The molecule has 0 radical (unpaired) electrons. The van der Waals surface area contributed by atoms with Gasteiger partial charge in [-0.2, -0.15) is 0 Å². The number of nitrogen functional groups attached to an aromatic ring is 2. The molecule has 1 atom stereocenters. The van der Waals surface area contributed by atoms with Crippen LogP contribution < -0.4 is 21.7 Å². The number of benzene rings is 2. The lowest BCUT2D eigenvalue weighted by molar-refractivity contribution is 0.199. The Kier molecular flexibility index (Phi) is 4.78. The van der Waals surface area contributed by atoms with Gasteiger partial charge in [0.05, 0.1) is 6.10 Å². The van der Waals surface area contributed by atoms with E-state index in [1.54, 1.807) is 19.1 Å². The van der Waals surface area contributed by atoms with Crippen molar-refractivity contribution in [3.63, 3.8) is 0 Å². The molecule has 22 heavy (non-hydrogen) atoms. The zero-order valence-electron chi connectivity index (χ0n) is 13.3. The largest absolute Gasteiger partial charge is 0.398 e. The van der Waals surface area contributed by atoms with Crippen molar-refractivity contribution in [1.29, 1.82) is 0 Å². The molecule has 5 nitrogen and oxygen atoms in total. The van der Waals surface area contributed by atoms with E-state index in [9.17, 15) is 5.11 Å². The predicted molar refractivity (Wildman–Crippen MR) is 94.0 cm³/mol. The minimum Gasteiger partial charge on any atom is -0.398 e. The van der Waals surface area contributed by atoms with E-state index in [2.05, 4.69) is 5.32 Å². The molecule has 0 spiro atoms. The van der Waals surface area contributed by atoms with Crippen molar-refractivity contribution in [2.45, 2.75) is 19.6 Å². The van der Waals surface area contributed by atoms with Crippen LogP contribution in [-0.4, -0.2) is 19.2 Å². The lowest BCUT2D eigenvalue weighted by Crippen LogP contribution is -2.11. The Bertz CT molecular complexity index is 636. The van der Waals surface area contributed by atoms with Crippen molar-refractivity contribution in [3.05, 3.63) is 47.5 Å². The van der Waals surface area contributed by atoms with Gasteiger partial charge in [0.25, 0.3) is 0 Å². The zero-order chi connectivity index (χ0) is 16.3. The summed E-state index contributed by atoms with van der Waals surface area (Å²) in [6.45, 7) is 2.21. The fourth-order valence-corrected chi connectivity index (χ4v) is 2.46. The van der Waals surface area contributed by atoms with Gasteiger partial charge in [0.2, 0.25) is 0 Å². The Balaban J connectivity index is 2.19. The summed E-state index contributed by atoms with van der Waals surface area (Å²) in [5.41, 5.74) is 16.9. The number of nitrogens with one attached hydrogen (secondary N) is 1. The number of rotatable bonds is 5. The summed E-state index contributed by atoms with van der Waals surface area (Å²) in [6, 6.07) is 11.6. The fraction of sp³-hybridized carbons (Fsp3) is 0.294. The number of aliphatic hydroxyl groups is 1. The van der Waals surface area contributed by atoms with Crippen LogP contribution in [0.5, 0.6) is 0 Å². The summed E-state index contributed by atoms with van der Waals surface area (Å²) in [6.07, 6.45) is -0.656. The molecule has 2 aromatic rings. The predicted octanol–water partition coefficient (Wildman–Crippen LogP) is 2.58. The van der Waals surface area contributed by atoms with Crippen LogP contribution in [0.3, 0.4) is 0 Å². The first-order chi connectivity index (χ1) is 10.4. The molecule has 0 fully saturated rings. The summed E-state index contributed by atoms with van der Waals surface area (Å²) in [4.78, 5) is 2.05. The van der Waals surface area contributed by atoms with E-state index in [4.69, 9.17) is 11.5 Å². The third kappa shape index (κ3) is 3.43. The molecule has 5 heteroatoms. The highest BCUT2D eigenvalue weighted by Crippen LogP contribution is 2.29. The van der Waals surface area contributed by atoms with Crippen LogP contribution in [-0.2, 0) is 6.54 Å². The molecule has 6 N–H and O–H groups in total. The minimum atomic E-state index is -0.656. The molecule has 0 aliphatic heterocycles. The van der Waals surface area contributed by atoms with Crippen molar-refractivity contribution in [2.24, 2.45) is 0 Å². The minimum absolute atomic E-state index is 0.512. The van der Waals surface area contributed by atoms with E-state index in [1.807, 2.05) is 43.3 Å². The van der Waals surface area contributed by atoms with Crippen LogP contribution in [0.25, 0.3) is 0 Å². The SMILES string of the molecule is CC(O)c1c(N)ccc(N)c1CNc1ccc(N(C)C)cc1. The van der Waals surface area contributed by atoms with Crippen LogP contribution >= 0.6 is 0 Å². The number of nitrogens with zero attached hydrogens (tertiary/aromatic N) is 1. The highest BCUT2D eigenvalue weighted by Gasteiger charge is 2.14. The molecule has 2 aromatic carbocycles. The molecule has 0 heterocycles. The average Bonchev–Trinajstić information content (AvgIpc) is 2.48. The van der Waals surface area contributed by atoms with Gasteiger partial charge in [0, 0.05) is 54.5 Å². The van der Waals surface area contributed by atoms with E-state index < -0.39 is 6.10 Å². The van der Waals surface area contributed by atoms with Crippen LogP contribution in [0.1, 0.15) is 24.2 Å². The van der Waals surface area contributed by atoms with Crippen LogP contribution in [0.2, 0.25) is 0 Å². The molecule has 0 aliphatic rings. The lowest BCUT2D eigenvalue weighted by Gasteiger charge is -2.18. The van der Waals surface area contributed by atoms with Gasteiger partial charge >= 0.3 is 0 Å². The third-order valence-corrected chi connectivity index (χ3v) is 3.70. The van der Waals surface area contributed by atoms with Crippen LogP contribution in [0, 0.1) is 0 Å². The topological polar surface area (TPSA) is 87.5 Å². The van der Waals surface area contributed by atoms with Gasteiger partial charge in [0.15, 0.2) is 0 Å². The maximum absolute atomic E-state index is 9.94. The van der Waals surface area contributed by atoms with Gasteiger partial charge < -0.3 is 26.8 Å². The quantitative estimate of drug-likeness (QED) is 0.638. The van der Waals surface area contributed by atoms with Crippen molar-refractivity contribution in [3.8, 4) is 0 Å². The second-order valence-electron chi connectivity index (χ2n) is 5.61. The van der Waals surface area contributed by atoms with Gasteiger partial charge in [-0.25, -0.2) is 0 Å². The van der Waals surface area contributed by atoms with Crippen molar-refractivity contribution in [2.75, 3.05) is 35.8 Å². The number of aliphatic hydroxyl groups excluding tert-OH is 1. The molecule has 0 aliphatic carbocycles. The Labute approximate surface area is 131 Å². The molecule has 2 rings (SSSR count). The monoisotopic (exact) mass is 300 g/mol. The number of hydrogen-bond donors (Lipinski definition) is 4. The number of hydrogen-bond acceptors (Lipinski definition) is 5. The standard InChI is InChI=1S/C17H24N4O/c1-11(22)17-14(15(18)8-9-16(17)19)10-20-12-4-6-13(7-5-12)21(2)3/h4-9,11,20,22H,10,18-19H2,1-3H3. The molecule has 118 valence electrons. The number of anilines is 4. The maximum Gasteiger partial charge on any atom is 0.0786 e. The van der Waals surface area contributed by atoms with E-state index in [0.717, 1.165) is 16.9 Å². The lowest BCUT2D eigenvalue weighted by atomic mass is 9.99. The van der Waals surface area contributed by atoms with Crippen molar-refractivity contribution < 1.29 is 5.11 Å².